The van der Waals surface area contributed by atoms with Crippen LogP contribution in [-0.2, 0) is 23.7 Å². The van der Waals surface area contributed by atoms with E-state index in [1.165, 1.54) is 7.11 Å². The number of esters is 3. The van der Waals surface area contributed by atoms with Crippen LogP contribution >= 0.6 is 0 Å². The maximum absolute atomic E-state index is 12.8. The maximum Gasteiger partial charge on any atom is 0.343 e. The van der Waals surface area contributed by atoms with Crippen LogP contribution in [-0.4, -0.2) is 63.2 Å². The average molecular weight is 697 g/mol. The zero-order valence-electron chi connectivity index (χ0n) is 30.3. The number of hydrogen-bond acceptors (Lipinski definition) is 9. The lowest BCUT2D eigenvalue weighted by atomic mass is 9.99. The lowest BCUT2D eigenvalue weighted by Crippen LogP contribution is -2.28. The molecule has 9 nitrogen and oxygen atoms in total. The van der Waals surface area contributed by atoms with Crippen LogP contribution in [0.4, 0.5) is 0 Å². The van der Waals surface area contributed by atoms with Crippen molar-refractivity contribution >= 4 is 17.9 Å². The van der Waals surface area contributed by atoms with E-state index in [4.69, 9.17) is 28.4 Å². The lowest BCUT2D eigenvalue weighted by Gasteiger charge is -2.21. The molecular weight excluding hydrogens is 648 g/mol. The van der Waals surface area contributed by atoms with Gasteiger partial charge in [-0.1, -0.05) is 62.4 Å². The van der Waals surface area contributed by atoms with E-state index in [2.05, 4.69) is 0 Å². The molecule has 0 saturated heterocycles. The summed E-state index contributed by atoms with van der Waals surface area (Å²) < 4.78 is 33.4. The zero-order valence-corrected chi connectivity index (χ0v) is 30.3. The minimum Gasteiger partial charge on any atom is -0.488 e. The summed E-state index contributed by atoms with van der Waals surface area (Å²) in [5.74, 6) is -0.0372. The Morgan fingerprint density at radius 3 is 1.45 bits per heavy atom. The second-order valence-electron chi connectivity index (χ2n) is 12.4. The molecule has 0 aliphatic carbocycles. The molecule has 0 N–H and O–H groups in total. The highest BCUT2D eigenvalue weighted by molar-refractivity contribution is 5.91. The van der Waals surface area contributed by atoms with Crippen molar-refractivity contribution in [3.05, 3.63) is 108 Å². The van der Waals surface area contributed by atoms with Gasteiger partial charge in [0.05, 0.1) is 49.6 Å². The van der Waals surface area contributed by atoms with Gasteiger partial charge in [-0.15, -0.1) is 0 Å². The van der Waals surface area contributed by atoms with Gasteiger partial charge in [-0.05, 0) is 104 Å². The molecule has 0 aliphatic rings. The summed E-state index contributed by atoms with van der Waals surface area (Å²) in [5.41, 5.74) is 4.92. The molecule has 0 heterocycles. The summed E-state index contributed by atoms with van der Waals surface area (Å²) in [6, 6.07) is 29.5. The first kappa shape index (κ1) is 38.8. The highest BCUT2D eigenvalue weighted by Crippen LogP contribution is 2.27. The first-order valence-electron chi connectivity index (χ1n) is 17.4. The summed E-state index contributed by atoms with van der Waals surface area (Å²) >= 11 is 0. The molecule has 0 bridgehead atoms. The summed E-state index contributed by atoms with van der Waals surface area (Å²) in [7, 11) is 1.36. The minimum absolute atomic E-state index is 0.0683. The number of carbonyl (C=O) groups is 3. The fourth-order valence-electron chi connectivity index (χ4n) is 5.22. The van der Waals surface area contributed by atoms with Crippen LogP contribution in [0.25, 0.3) is 22.3 Å². The van der Waals surface area contributed by atoms with Crippen molar-refractivity contribution in [1.29, 1.82) is 0 Å². The number of ether oxygens (including phenoxy) is 6. The van der Waals surface area contributed by atoms with Crippen LogP contribution < -0.4 is 9.47 Å². The van der Waals surface area contributed by atoms with Crippen molar-refractivity contribution in [3.63, 3.8) is 0 Å². The topological polar surface area (TPSA) is 107 Å². The third-order valence-corrected chi connectivity index (χ3v) is 8.36. The fourth-order valence-corrected chi connectivity index (χ4v) is 5.22. The van der Waals surface area contributed by atoms with E-state index in [1.54, 1.807) is 48.5 Å². The predicted octanol–water partition coefficient (Wildman–Crippen LogP) is 8.58. The Bertz CT molecular complexity index is 1680. The number of methoxy groups -OCH3 is 1. The number of hydrogen-bond donors (Lipinski definition) is 0. The van der Waals surface area contributed by atoms with Gasteiger partial charge in [-0.3, -0.25) is 4.79 Å². The van der Waals surface area contributed by atoms with Crippen molar-refractivity contribution in [2.24, 2.45) is 5.92 Å². The van der Waals surface area contributed by atoms with Crippen molar-refractivity contribution in [3.8, 4) is 33.8 Å². The molecule has 0 spiro atoms. The van der Waals surface area contributed by atoms with Gasteiger partial charge >= 0.3 is 17.9 Å². The van der Waals surface area contributed by atoms with E-state index in [0.717, 1.165) is 35.1 Å². The Hall–Kier alpha value is -4.99. The van der Waals surface area contributed by atoms with Gasteiger partial charge in [-0.25, -0.2) is 9.59 Å². The molecule has 0 aliphatic heterocycles. The molecule has 9 heteroatoms. The smallest absolute Gasteiger partial charge is 0.343 e. The number of carbonyl (C=O) groups excluding carboxylic acids is 3. The first-order valence-corrected chi connectivity index (χ1v) is 17.4. The van der Waals surface area contributed by atoms with Gasteiger partial charge < -0.3 is 28.4 Å². The second-order valence-corrected chi connectivity index (χ2v) is 12.4. The lowest BCUT2D eigenvalue weighted by molar-refractivity contribution is -0.153. The molecule has 4 aromatic rings. The van der Waals surface area contributed by atoms with Gasteiger partial charge in [0.1, 0.15) is 24.2 Å². The molecule has 0 fully saturated rings. The third-order valence-electron chi connectivity index (χ3n) is 8.36. The monoisotopic (exact) mass is 696 g/mol. The minimum atomic E-state index is -0.471. The van der Waals surface area contributed by atoms with Crippen molar-refractivity contribution in [2.75, 3.05) is 26.9 Å². The molecule has 0 amide bonds. The van der Waals surface area contributed by atoms with Crippen LogP contribution in [0.3, 0.4) is 0 Å². The molecule has 0 aromatic heterocycles. The summed E-state index contributed by atoms with van der Waals surface area (Å²) in [6.45, 7) is 10.6. The SMILES string of the molecule is CCC(CC)C(=O)OCC(C)OCC(C)OCC(C)Oc1ccc(C(=O)Oc2ccc(-c3ccc(-c4ccc(C(=O)OC)cc4)cc3)cc2)cc1. The van der Waals surface area contributed by atoms with Gasteiger partial charge in [0, 0.05) is 0 Å². The van der Waals surface area contributed by atoms with Crippen LogP contribution in [0.2, 0.25) is 0 Å². The van der Waals surface area contributed by atoms with Crippen LogP contribution in [0, 0.1) is 5.92 Å². The van der Waals surface area contributed by atoms with Gasteiger partial charge in [0.15, 0.2) is 0 Å². The molecule has 4 rings (SSSR count). The van der Waals surface area contributed by atoms with Gasteiger partial charge in [0.25, 0.3) is 0 Å². The van der Waals surface area contributed by atoms with Gasteiger partial charge in [0.2, 0.25) is 0 Å². The van der Waals surface area contributed by atoms with E-state index in [-0.39, 0.29) is 42.8 Å². The number of benzene rings is 4. The number of rotatable bonds is 18. The summed E-state index contributed by atoms with van der Waals surface area (Å²) in [6.07, 6.45) is 0.885. The summed E-state index contributed by atoms with van der Waals surface area (Å²) in [4.78, 5) is 36.6. The Balaban J connectivity index is 1.19. The first-order chi connectivity index (χ1) is 24.6. The Labute approximate surface area is 300 Å². The predicted molar refractivity (Wildman–Crippen MR) is 196 cm³/mol. The largest absolute Gasteiger partial charge is 0.488 e. The molecule has 4 aromatic carbocycles. The molecule has 3 unspecified atom stereocenters. The van der Waals surface area contributed by atoms with Crippen molar-refractivity contribution < 1.29 is 42.8 Å². The van der Waals surface area contributed by atoms with E-state index < -0.39 is 5.97 Å². The normalized spacial score (nSPS) is 12.8. The van der Waals surface area contributed by atoms with Crippen LogP contribution in [0.1, 0.15) is 68.2 Å². The molecule has 270 valence electrons. The fraction of sp³-hybridized carbons (Fsp3) is 0.357. The van der Waals surface area contributed by atoms with Crippen LogP contribution in [0.5, 0.6) is 11.5 Å². The Kier molecular flexibility index (Phi) is 14.8. The third kappa shape index (κ3) is 11.8. The standard InChI is InChI=1S/C42H48O9/c1-7-31(8-2)41(44)49-26-29(4)47-25-28(3)48-27-30(5)50-38-23-19-37(20-24-38)42(45)51-39-21-17-35(18-22-39)33-11-9-32(10-12-33)34-13-15-36(16-14-34)40(43)46-6/h9-24,28-31H,7-8,25-27H2,1-6H3. The van der Waals surface area contributed by atoms with E-state index in [1.807, 2.05) is 83.1 Å². The second kappa shape index (κ2) is 19.4. The molecule has 51 heavy (non-hydrogen) atoms. The highest BCUT2D eigenvalue weighted by atomic mass is 16.6. The summed E-state index contributed by atoms with van der Waals surface area (Å²) in [5, 5.41) is 0. The van der Waals surface area contributed by atoms with Crippen LogP contribution in [0.15, 0.2) is 97.1 Å². The quantitative estimate of drug-likeness (QED) is 0.0747. The molecule has 3 atom stereocenters. The maximum atomic E-state index is 12.8. The van der Waals surface area contributed by atoms with E-state index >= 15 is 0 Å². The van der Waals surface area contributed by atoms with Crippen molar-refractivity contribution in [1.82, 2.24) is 0 Å². The van der Waals surface area contributed by atoms with E-state index in [9.17, 15) is 14.4 Å². The molecule has 0 saturated carbocycles. The van der Waals surface area contributed by atoms with Gasteiger partial charge in [-0.2, -0.15) is 0 Å². The van der Waals surface area contributed by atoms with Crippen molar-refractivity contribution in [2.45, 2.75) is 65.8 Å². The average Bonchev–Trinajstić information content (AvgIpc) is 3.16. The molecular formula is C42H48O9. The highest BCUT2D eigenvalue weighted by Gasteiger charge is 2.18. The Morgan fingerprint density at radius 1 is 0.529 bits per heavy atom. The Morgan fingerprint density at radius 2 is 0.941 bits per heavy atom. The zero-order chi connectivity index (χ0) is 36.8. The van der Waals surface area contributed by atoms with E-state index in [0.29, 0.717) is 35.8 Å². The molecule has 0 radical (unpaired) electrons.